The minimum atomic E-state index is -1.05. The van der Waals surface area contributed by atoms with Gasteiger partial charge in [-0.15, -0.1) is 0 Å². The van der Waals surface area contributed by atoms with Gasteiger partial charge in [-0.25, -0.2) is 4.79 Å². The number of hydrogen-bond donors (Lipinski definition) is 2. The molecule has 0 bridgehead atoms. The third kappa shape index (κ3) is 7.40. The van der Waals surface area contributed by atoms with Gasteiger partial charge in [0.25, 0.3) is 5.69 Å². The van der Waals surface area contributed by atoms with E-state index in [0.717, 1.165) is 31.7 Å². The van der Waals surface area contributed by atoms with Gasteiger partial charge in [0.15, 0.2) is 0 Å². The summed E-state index contributed by atoms with van der Waals surface area (Å²) in [5, 5.41) is 26.6. The maximum Gasteiger partial charge on any atom is 0.326 e. The molecular formula is C17H25N5O4. The number of hydrogen-bond acceptors (Lipinski definition) is 5. The van der Waals surface area contributed by atoms with E-state index < -0.39 is 16.9 Å². The summed E-state index contributed by atoms with van der Waals surface area (Å²) in [5.41, 5.74) is 8.30. The summed E-state index contributed by atoms with van der Waals surface area (Å²) in [7, 11) is 0. The van der Waals surface area contributed by atoms with Crippen LogP contribution in [0.15, 0.2) is 23.3 Å². The molecule has 0 aliphatic heterocycles. The Balaban J connectivity index is 2.68. The van der Waals surface area contributed by atoms with Crippen LogP contribution in [0.5, 0.6) is 0 Å². The van der Waals surface area contributed by atoms with E-state index in [4.69, 9.17) is 5.53 Å². The van der Waals surface area contributed by atoms with Crippen LogP contribution in [0.25, 0.3) is 10.4 Å². The molecule has 0 fully saturated rings. The van der Waals surface area contributed by atoms with E-state index in [1.165, 1.54) is 31.4 Å². The number of unbranched alkanes of at least 4 members (excludes halogenated alkanes) is 6. The molecule has 1 rings (SSSR count). The Bertz CT molecular complexity index is 659. The van der Waals surface area contributed by atoms with Gasteiger partial charge < -0.3 is 10.4 Å². The molecule has 1 aromatic rings. The molecule has 0 aliphatic carbocycles. The van der Waals surface area contributed by atoms with Crippen LogP contribution in [0.3, 0.4) is 0 Å². The number of carbonyl (C=O) groups is 1. The van der Waals surface area contributed by atoms with Crippen molar-refractivity contribution in [2.75, 3.05) is 5.32 Å². The van der Waals surface area contributed by atoms with E-state index in [9.17, 15) is 20.0 Å². The molecule has 1 aromatic carbocycles. The number of benzene rings is 1. The fourth-order valence-electron chi connectivity index (χ4n) is 2.66. The predicted molar refractivity (Wildman–Crippen MR) is 99.6 cm³/mol. The summed E-state index contributed by atoms with van der Waals surface area (Å²) in [4.78, 5) is 24.6. The molecule has 26 heavy (non-hydrogen) atoms. The molecule has 9 heteroatoms. The first-order valence-corrected chi connectivity index (χ1v) is 8.82. The fourth-order valence-corrected chi connectivity index (χ4v) is 2.66. The lowest BCUT2D eigenvalue weighted by Crippen LogP contribution is -2.29. The van der Waals surface area contributed by atoms with Crippen molar-refractivity contribution in [3.8, 4) is 0 Å². The number of nitro benzene ring substituents is 1. The van der Waals surface area contributed by atoms with Gasteiger partial charge in [0, 0.05) is 16.7 Å². The zero-order valence-corrected chi connectivity index (χ0v) is 14.9. The number of azide groups is 1. The topological polar surface area (TPSA) is 141 Å². The molecule has 142 valence electrons. The Morgan fingerprint density at radius 3 is 2.54 bits per heavy atom. The molecule has 0 heterocycles. The van der Waals surface area contributed by atoms with Crippen molar-refractivity contribution >= 4 is 23.0 Å². The summed E-state index contributed by atoms with van der Waals surface area (Å²) in [6.45, 7) is 2.15. The highest BCUT2D eigenvalue weighted by Crippen LogP contribution is 2.30. The molecule has 1 atom stereocenters. The maximum atomic E-state index is 11.5. The van der Waals surface area contributed by atoms with Crippen molar-refractivity contribution in [3.63, 3.8) is 0 Å². The summed E-state index contributed by atoms with van der Waals surface area (Å²) < 4.78 is 0. The number of aliphatic carboxylic acids is 1. The standard InChI is InChI=1S/C17H25N5O4/c1-2-3-4-5-6-7-8-9-15(17(23)24)19-14-11-10-13(20-21-18)12-16(14)22(25)26/h10-12,15,19H,2-9H2,1H3,(H,23,24). The van der Waals surface area contributed by atoms with Crippen LogP contribution in [0.1, 0.15) is 58.3 Å². The third-order valence-electron chi connectivity index (χ3n) is 4.06. The van der Waals surface area contributed by atoms with Gasteiger partial charge in [0.1, 0.15) is 11.7 Å². The van der Waals surface area contributed by atoms with E-state index in [-0.39, 0.29) is 17.1 Å². The van der Waals surface area contributed by atoms with Crippen molar-refractivity contribution < 1.29 is 14.8 Å². The van der Waals surface area contributed by atoms with Gasteiger partial charge in [0.2, 0.25) is 0 Å². The van der Waals surface area contributed by atoms with Gasteiger partial charge >= 0.3 is 5.97 Å². The molecule has 0 amide bonds. The van der Waals surface area contributed by atoms with Crippen molar-refractivity contribution in [1.82, 2.24) is 0 Å². The van der Waals surface area contributed by atoms with Crippen LogP contribution >= 0.6 is 0 Å². The van der Waals surface area contributed by atoms with Gasteiger partial charge in [-0.1, -0.05) is 63.1 Å². The highest BCUT2D eigenvalue weighted by Gasteiger charge is 2.22. The first-order chi connectivity index (χ1) is 12.5. The van der Waals surface area contributed by atoms with Crippen molar-refractivity contribution in [1.29, 1.82) is 0 Å². The first-order valence-electron chi connectivity index (χ1n) is 8.82. The quantitative estimate of drug-likeness (QED) is 0.118. The molecule has 0 saturated heterocycles. The minimum absolute atomic E-state index is 0.0993. The monoisotopic (exact) mass is 363 g/mol. The lowest BCUT2D eigenvalue weighted by atomic mass is 10.0. The lowest BCUT2D eigenvalue weighted by molar-refractivity contribution is -0.383. The molecule has 0 radical (unpaired) electrons. The first kappa shape index (κ1) is 21.2. The number of carboxylic acids is 1. The Morgan fingerprint density at radius 1 is 1.31 bits per heavy atom. The number of rotatable bonds is 13. The smallest absolute Gasteiger partial charge is 0.326 e. The van der Waals surface area contributed by atoms with Crippen LogP contribution in [0.4, 0.5) is 17.1 Å². The fraction of sp³-hybridized carbons (Fsp3) is 0.588. The van der Waals surface area contributed by atoms with Crippen LogP contribution in [-0.2, 0) is 4.79 Å². The summed E-state index contributed by atoms with van der Waals surface area (Å²) in [6, 6.07) is 2.98. The largest absolute Gasteiger partial charge is 0.480 e. The van der Waals surface area contributed by atoms with Gasteiger partial charge in [-0.05, 0) is 18.0 Å². The van der Waals surface area contributed by atoms with Gasteiger partial charge in [0.05, 0.1) is 4.92 Å². The van der Waals surface area contributed by atoms with E-state index >= 15 is 0 Å². The van der Waals surface area contributed by atoms with Crippen LogP contribution in [0.2, 0.25) is 0 Å². The van der Waals surface area contributed by atoms with Crippen molar-refractivity contribution in [2.24, 2.45) is 5.11 Å². The Kier molecular flexibility index (Phi) is 9.56. The number of carboxylic acid groups (broad SMARTS) is 1. The minimum Gasteiger partial charge on any atom is -0.480 e. The average molecular weight is 363 g/mol. The maximum absolute atomic E-state index is 11.5. The van der Waals surface area contributed by atoms with E-state index in [0.29, 0.717) is 6.42 Å². The molecule has 0 aromatic heterocycles. The summed E-state index contributed by atoms with van der Waals surface area (Å²) in [5.74, 6) is -1.05. The normalized spacial score (nSPS) is 11.4. The Labute approximate surface area is 152 Å². The zero-order chi connectivity index (χ0) is 19.4. The highest BCUT2D eigenvalue weighted by atomic mass is 16.6. The summed E-state index contributed by atoms with van der Waals surface area (Å²) in [6.07, 6.45) is 7.86. The van der Waals surface area contributed by atoms with Gasteiger partial charge in [-0.3, -0.25) is 10.1 Å². The van der Waals surface area contributed by atoms with E-state index in [1.54, 1.807) is 0 Å². The van der Waals surface area contributed by atoms with Gasteiger partial charge in [-0.2, -0.15) is 0 Å². The lowest BCUT2D eigenvalue weighted by Gasteiger charge is -2.16. The Hall–Kier alpha value is -2.80. The predicted octanol–water partition coefficient (Wildman–Crippen LogP) is 5.54. The number of nitrogens with one attached hydrogen (secondary N) is 1. The van der Waals surface area contributed by atoms with E-state index in [2.05, 4.69) is 22.3 Å². The van der Waals surface area contributed by atoms with Crippen molar-refractivity contribution in [2.45, 2.75) is 64.3 Å². The Morgan fingerprint density at radius 2 is 1.96 bits per heavy atom. The van der Waals surface area contributed by atoms with Crippen LogP contribution < -0.4 is 5.32 Å². The van der Waals surface area contributed by atoms with E-state index in [1.807, 2.05) is 0 Å². The SMILES string of the molecule is CCCCCCCCCC(Nc1ccc(N=[N+]=[N-])cc1[N+](=O)[O-])C(=O)O. The molecule has 0 aliphatic rings. The second kappa shape index (κ2) is 11.7. The third-order valence-corrected chi connectivity index (χ3v) is 4.06. The second-order valence-electron chi connectivity index (χ2n) is 6.09. The molecule has 0 saturated carbocycles. The highest BCUT2D eigenvalue weighted by molar-refractivity contribution is 5.79. The molecule has 0 spiro atoms. The average Bonchev–Trinajstić information content (AvgIpc) is 2.60. The zero-order valence-electron chi connectivity index (χ0n) is 14.9. The van der Waals surface area contributed by atoms with Crippen LogP contribution in [-0.4, -0.2) is 22.0 Å². The number of nitro groups is 1. The number of anilines is 1. The molecule has 1 unspecified atom stereocenters. The number of nitrogens with zero attached hydrogens (tertiary/aromatic N) is 4. The second-order valence-corrected chi connectivity index (χ2v) is 6.09. The van der Waals surface area contributed by atoms with Crippen LogP contribution in [0, 0.1) is 10.1 Å². The molecule has 9 nitrogen and oxygen atoms in total. The molecule has 2 N–H and O–H groups in total. The summed E-state index contributed by atoms with van der Waals surface area (Å²) >= 11 is 0. The molecular weight excluding hydrogens is 338 g/mol. The van der Waals surface area contributed by atoms with Crippen molar-refractivity contribution in [3.05, 3.63) is 38.8 Å².